The van der Waals surface area contributed by atoms with Crippen molar-refractivity contribution < 1.29 is 23.8 Å². The van der Waals surface area contributed by atoms with Crippen LogP contribution in [0.5, 0.6) is 11.5 Å². The van der Waals surface area contributed by atoms with Gasteiger partial charge >= 0.3 is 5.97 Å². The molecule has 136 valence electrons. The van der Waals surface area contributed by atoms with Gasteiger partial charge < -0.3 is 19.1 Å². The van der Waals surface area contributed by atoms with Gasteiger partial charge in [-0.1, -0.05) is 19.3 Å². The Morgan fingerprint density at radius 1 is 0.920 bits per heavy atom. The number of likely N-dealkylation sites (tertiary alicyclic amines) is 1. The minimum Gasteiger partial charge on any atom is -0.490 e. The van der Waals surface area contributed by atoms with Crippen LogP contribution in [-0.2, 0) is 9.53 Å². The van der Waals surface area contributed by atoms with Gasteiger partial charge in [0.05, 0.1) is 18.8 Å². The first-order valence-corrected chi connectivity index (χ1v) is 9.08. The number of amides is 1. The second-order valence-electron chi connectivity index (χ2n) is 6.44. The third-order valence-corrected chi connectivity index (χ3v) is 4.52. The molecule has 0 unspecified atom stereocenters. The van der Waals surface area contributed by atoms with Gasteiger partial charge in [0.2, 0.25) is 0 Å². The van der Waals surface area contributed by atoms with Crippen molar-refractivity contribution in [1.29, 1.82) is 0 Å². The number of ether oxygens (including phenoxy) is 3. The average molecular weight is 347 g/mol. The SMILES string of the molecule is O=C(OCC(=O)N1CCCCCCC1)c1ccc2c(c1)OCCCO2. The van der Waals surface area contributed by atoms with Gasteiger partial charge in [-0.15, -0.1) is 0 Å². The molecule has 3 rings (SSSR count). The van der Waals surface area contributed by atoms with Crippen molar-refractivity contribution in [3.05, 3.63) is 23.8 Å². The smallest absolute Gasteiger partial charge is 0.338 e. The second kappa shape index (κ2) is 8.74. The molecule has 0 saturated carbocycles. The maximum Gasteiger partial charge on any atom is 0.338 e. The molecule has 1 aromatic rings. The van der Waals surface area contributed by atoms with Gasteiger partial charge in [0.15, 0.2) is 18.1 Å². The molecule has 0 N–H and O–H groups in total. The Hall–Kier alpha value is -2.24. The van der Waals surface area contributed by atoms with Gasteiger partial charge in [-0.25, -0.2) is 4.79 Å². The van der Waals surface area contributed by atoms with Gasteiger partial charge in [-0.3, -0.25) is 4.79 Å². The van der Waals surface area contributed by atoms with Crippen molar-refractivity contribution in [3.8, 4) is 11.5 Å². The number of esters is 1. The predicted molar refractivity (Wildman–Crippen MR) is 92.0 cm³/mol. The zero-order chi connectivity index (χ0) is 17.5. The topological polar surface area (TPSA) is 65.1 Å². The molecule has 2 aliphatic heterocycles. The Balaban J connectivity index is 1.55. The largest absolute Gasteiger partial charge is 0.490 e. The van der Waals surface area contributed by atoms with Gasteiger partial charge in [-0.05, 0) is 31.0 Å². The maximum atomic E-state index is 12.3. The van der Waals surface area contributed by atoms with Crippen LogP contribution in [0, 0.1) is 0 Å². The van der Waals surface area contributed by atoms with Crippen LogP contribution < -0.4 is 9.47 Å². The molecule has 0 radical (unpaired) electrons. The van der Waals surface area contributed by atoms with Crippen molar-refractivity contribution >= 4 is 11.9 Å². The van der Waals surface area contributed by atoms with Crippen LogP contribution in [0.1, 0.15) is 48.9 Å². The van der Waals surface area contributed by atoms with E-state index in [9.17, 15) is 9.59 Å². The molecular formula is C19H25NO5. The van der Waals surface area contributed by atoms with Gasteiger partial charge in [0.1, 0.15) is 0 Å². The number of hydrogen-bond donors (Lipinski definition) is 0. The van der Waals surface area contributed by atoms with E-state index in [0.717, 1.165) is 45.2 Å². The number of nitrogens with zero attached hydrogens (tertiary/aromatic N) is 1. The zero-order valence-corrected chi connectivity index (χ0v) is 14.5. The molecule has 1 saturated heterocycles. The fraction of sp³-hybridized carbons (Fsp3) is 0.579. The molecule has 1 amide bonds. The number of fused-ring (bicyclic) bond motifs is 1. The lowest BCUT2D eigenvalue weighted by molar-refractivity contribution is -0.134. The maximum absolute atomic E-state index is 12.3. The first kappa shape index (κ1) is 17.6. The van der Waals surface area contributed by atoms with E-state index in [1.165, 1.54) is 6.42 Å². The number of benzene rings is 1. The summed E-state index contributed by atoms with van der Waals surface area (Å²) in [6.07, 6.45) is 6.38. The molecule has 0 bridgehead atoms. The second-order valence-corrected chi connectivity index (χ2v) is 6.44. The van der Waals surface area contributed by atoms with E-state index < -0.39 is 5.97 Å². The number of rotatable bonds is 3. The van der Waals surface area contributed by atoms with E-state index in [0.29, 0.717) is 30.3 Å². The van der Waals surface area contributed by atoms with Crippen LogP contribution in [0.3, 0.4) is 0 Å². The fourth-order valence-corrected chi connectivity index (χ4v) is 3.09. The molecule has 6 nitrogen and oxygen atoms in total. The van der Waals surface area contributed by atoms with E-state index in [-0.39, 0.29) is 12.5 Å². The van der Waals surface area contributed by atoms with Gasteiger partial charge in [0.25, 0.3) is 5.91 Å². The highest BCUT2D eigenvalue weighted by Gasteiger charge is 2.19. The third-order valence-electron chi connectivity index (χ3n) is 4.52. The highest BCUT2D eigenvalue weighted by Crippen LogP contribution is 2.30. The van der Waals surface area contributed by atoms with Gasteiger partial charge in [0, 0.05) is 19.5 Å². The van der Waals surface area contributed by atoms with Crippen LogP contribution >= 0.6 is 0 Å². The third kappa shape index (κ3) is 4.87. The Kier molecular flexibility index (Phi) is 6.14. The van der Waals surface area contributed by atoms with Crippen LogP contribution in [0.25, 0.3) is 0 Å². The lowest BCUT2D eigenvalue weighted by Gasteiger charge is -2.24. The summed E-state index contributed by atoms with van der Waals surface area (Å²) >= 11 is 0. The van der Waals surface area contributed by atoms with Crippen molar-refractivity contribution in [2.24, 2.45) is 0 Å². The summed E-state index contributed by atoms with van der Waals surface area (Å²) in [5.74, 6) is 0.536. The van der Waals surface area contributed by atoms with Crippen LogP contribution in [0.4, 0.5) is 0 Å². The van der Waals surface area contributed by atoms with Crippen molar-refractivity contribution in [1.82, 2.24) is 4.90 Å². The van der Waals surface area contributed by atoms with Crippen molar-refractivity contribution in [3.63, 3.8) is 0 Å². The molecular weight excluding hydrogens is 322 g/mol. The lowest BCUT2D eigenvalue weighted by Crippen LogP contribution is -2.36. The van der Waals surface area contributed by atoms with Crippen LogP contribution in [0.2, 0.25) is 0 Å². The molecule has 2 heterocycles. The van der Waals surface area contributed by atoms with E-state index in [1.807, 2.05) is 0 Å². The molecule has 0 atom stereocenters. The molecule has 0 aromatic heterocycles. The molecule has 0 spiro atoms. The summed E-state index contributed by atoms with van der Waals surface area (Å²) < 4.78 is 16.3. The molecule has 0 aliphatic carbocycles. The summed E-state index contributed by atoms with van der Waals surface area (Å²) in [5.41, 5.74) is 0.365. The minimum absolute atomic E-state index is 0.121. The number of hydrogen-bond acceptors (Lipinski definition) is 5. The van der Waals surface area contributed by atoms with Crippen LogP contribution in [0.15, 0.2) is 18.2 Å². The Morgan fingerprint density at radius 3 is 2.36 bits per heavy atom. The summed E-state index contributed by atoms with van der Waals surface area (Å²) in [7, 11) is 0. The molecule has 2 aliphatic rings. The molecule has 1 aromatic carbocycles. The van der Waals surface area contributed by atoms with Crippen LogP contribution in [-0.4, -0.2) is 49.7 Å². The standard InChI is InChI=1S/C19H25NO5/c21-18(20-9-4-2-1-3-5-10-20)14-25-19(22)15-7-8-16-17(13-15)24-12-6-11-23-16/h7-8,13H,1-6,9-12,14H2. The highest BCUT2D eigenvalue weighted by molar-refractivity contribution is 5.92. The number of carbonyl (C=O) groups excluding carboxylic acids is 2. The Labute approximate surface area is 148 Å². The normalized spacial score (nSPS) is 17.8. The van der Waals surface area contributed by atoms with Crippen molar-refractivity contribution in [2.45, 2.75) is 38.5 Å². The number of carbonyl (C=O) groups is 2. The molecule has 25 heavy (non-hydrogen) atoms. The summed E-state index contributed by atoms with van der Waals surface area (Å²) in [6, 6.07) is 4.96. The van der Waals surface area contributed by atoms with Gasteiger partial charge in [-0.2, -0.15) is 0 Å². The zero-order valence-electron chi connectivity index (χ0n) is 14.5. The summed E-state index contributed by atoms with van der Waals surface area (Å²) in [6.45, 7) is 2.44. The lowest BCUT2D eigenvalue weighted by atomic mass is 10.1. The quantitative estimate of drug-likeness (QED) is 0.787. The molecule has 6 heteroatoms. The fourth-order valence-electron chi connectivity index (χ4n) is 3.09. The first-order chi connectivity index (χ1) is 12.2. The van der Waals surface area contributed by atoms with E-state index in [1.54, 1.807) is 23.1 Å². The van der Waals surface area contributed by atoms with Crippen molar-refractivity contribution in [2.75, 3.05) is 32.9 Å². The monoisotopic (exact) mass is 347 g/mol. The van der Waals surface area contributed by atoms with E-state index in [2.05, 4.69) is 0 Å². The van der Waals surface area contributed by atoms with E-state index in [4.69, 9.17) is 14.2 Å². The first-order valence-electron chi connectivity index (χ1n) is 9.08. The predicted octanol–water partition coefficient (Wildman–Crippen LogP) is 2.80. The highest BCUT2D eigenvalue weighted by atomic mass is 16.5. The Morgan fingerprint density at radius 2 is 1.60 bits per heavy atom. The van der Waals surface area contributed by atoms with E-state index >= 15 is 0 Å². The Bertz CT molecular complexity index is 608. The average Bonchev–Trinajstić information content (AvgIpc) is 2.83. The summed E-state index contributed by atoms with van der Waals surface area (Å²) in [5, 5.41) is 0. The minimum atomic E-state index is -0.518. The summed E-state index contributed by atoms with van der Waals surface area (Å²) in [4.78, 5) is 26.3. The molecule has 1 fully saturated rings.